The second kappa shape index (κ2) is 8.20. The SMILES string of the molecule is CCCNC(CCc1ccco1)Cc1ccc(Cl)cc1F. The van der Waals surface area contributed by atoms with E-state index in [1.807, 2.05) is 12.1 Å². The number of hydrogen-bond donors (Lipinski definition) is 1. The molecule has 2 rings (SSSR count). The largest absolute Gasteiger partial charge is 0.469 e. The van der Waals surface area contributed by atoms with E-state index >= 15 is 0 Å². The topological polar surface area (TPSA) is 25.2 Å². The molecule has 1 aromatic carbocycles. The van der Waals surface area contributed by atoms with Gasteiger partial charge in [0.25, 0.3) is 0 Å². The maximum atomic E-state index is 13.9. The number of aryl methyl sites for hydroxylation is 1. The highest BCUT2D eigenvalue weighted by Gasteiger charge is 2.13. The summed E-state index contributed by atoms with van der Waals surface area (Å²) in [5, 5.41) is 3.92. The summed E-state index contributed by atoms with van der Waals surface area (Å²) in [7, 11) is 0. The van der Waals surface area contributed by atoms with Gasteiger partial charge in [-0.15, -0.1) is 0 Å². The fourth-order valence-electron chi connectivity index (χ4n) is 2.35. The van der Waals surface area contributed by atoms with E-state index in [4.69, 9.17) is 16.0 Å². The molecular weight excluding hydrogens is 289 g/mol. The highest BCUT2D eigenvalue weighted by Crippen LogP contribution is 2.17. The van der Waals surface area contributed by atoms with Crippen molar-refractivity contribution in [3.63, 3.8) is 0 Å². The third-order valence-electron chi connectivity index (χ3n) is 3.48. The molecule has 0 fully saturated rings. The van der Waals surface area contributed by atoms with Crippen molar-refractivity contribution in [1.82, 2.24) is 5.32 Å². The minimum atomic E-state index is -0.233. The molecule has 21 heavy (non-hydrogen) atoms. The first kappa shape index (κ1) is 16.1. The monoisotopic (exact) mass is 309 g/mol. The van der Waals surface area contributed by atoms with Gasteiger partial charge in [0.2, 0.25) is 0 Å². The van der Waals surface area contributed by atoms with Crippen LogP contribution in [-0.4, -0.2) is 12.6 Å². The smallest absolute Gasteiger partial charge is 0.127 e. The molecule has 0 bridgehead atoms. The van der Waals surface area contributed by atoms with Crippen LogP contribution in [0, 0.1) is 5.82 Å². The van der Waals surface area contributed by atoms with E-state index < -0.39 is 0 Å². The average Bonchev–Trinajstić information content (AvgIpc) is 2.97. The molecule has 1 N–H and O–H groups in total. The molecule has 1 aromatic heterocycles. The summed E-state index contributed by atoms with van der Waals surface area (Å²) in [5.74, 6) is 0.735. The lowest BCUT2D eigenvalue weighted by atomic mass is 10.0. The van der Waals surface area contributed by atoms with Crippen LogP contribution in [0.1, 0.15) is 31.1 Å². The van der Waals surface area contributed by atoms with Crippen molar-refractivity contribution < 1.29 is 8.81 Å². The number of benzene rings is 1. The van der Waals surface area contributed by atoms with E-state index in [9.17, 15) is 4.39 Å². The summed E-state index contributed by atoms with van der Waals surface area (Å²) < 4.78 is 19.3. The molecular formula is C17H21ClFNO. The Morgan fingerprint density at radius 3 is 2.86 bits per heavy atom. The van der Waals surface area contributed by atoms with E-state index in [2.05, 4.69) is 12.2 Å². The van der Waals surface area contributed by atoms with E-state index in [0.717, 1.165) is 31.6 Å². The molecule has 1 unspecified atom stereocenters. The third kappa shape index (κ3) is 5.18. The van der Waals surface area contributed by atoms with Crippen molar-refractivity contribution >= 4 is 11.6 Å². The molecule has 0 aliphatic rings. The minimum Gasteiger partial charge on any atom is -0.469 e. The highest BCUT2D eigenvalue weighted by atomic mass is 35.5. The Labute approximate surface area is 130 Å². The molecule has 2 aromatic rings. The summed E-state index contributed by atoms with van der Waals surface area (Å²) in [4.78, 5) is 0. The van der Waals surface area contributed by atoms with Gasteiger partial charge in [-0.1, -0.05) is 24.6 Å². The van der Waals surface area contributed by atoms with Gasteiger partial charge in [0.15, 0.2) is 0 Å². The first-order valence-corrected chi connectivity index (χ1v) is 7.76. The van der Waals surface area contributed by atoms with Gasteiger partial charge in [0, 0.05) is 17.5 Å². The Hall–Kier alpha value is -1.32. The van der Waals surface area contributed by atoms with Crippen LogP contribution < -0.4 is 5.32 Å². The Kier molecular flexibility index (Phi) is 6.27. The molecule has 0 saturated carbocycles. The summed E-state index contributed by atoms with van der Waals surface area (Å²) >= 11 is 5.80. The van der Waals surface area contributed by atoms with Gasteiger partial charge in [0.1, 0.15) is 11.6 Å². The fourth-order valence-corrected chi connectivity index (χ4v) is 2.51. The van der Waals surface area contributed by atoms with E-state index in [1.165, 1.54) is 6.07 Å². The molecule has 0 radical (unpaired) electrons. The summed E-state index contributed by atoms with van der Waals surface area (Å²) in [6.07, 6.45) is 5.16. The normalized spacial score (nSPS) is 12.5. The second-order valence-electron chi connectivity index (χ2n) is 5.21. The Morgan fingerprint density at radius 1 is 1.33 bits per heavy atom. The maximum absolute atomic E-state index is 13.9. The lowest BCUT2D eigenvalue weighted by Crippen LogP contribution is -2.32. The fraction of sp³-hybridized carbons (Fsp3) is 0.412. The number of nitrogens with one attached hydrogen (secondary N) is 1. The predicted molar refractivity (Wildman–Crippen MR) is 84.2 cm³/mol. The van der Waals surface area contributed by atoms with Crippen molar-refractivity contribution in [2.24, 2.45) is 0 Å². The minimum absolute atomic E-state index is 0.228. The lowest BCUT2D eigenvalue weighted by molar-refractivity contribution is 0.436. The van der Waals surface area contributed by atoms with Gasteiger partial charge >= 0.3 is 0 Å². The van der Waals surface area contributed by atoms with Crippen LogP contribution in [0.4, 0.5) is 4.39 Å². The van der Waals surface area contributed by atoms with Crippen LogP contribution in [-0.2, 0) is 12.8 Å². The van der Waals surface area contributed by atoms with Gasteiger partial charge in [-0.05, 0) is 55.6 Å². The summed E-state index contributed by atoms with van der Waals surface area (Å²) in [6.45, 7) is 3.05. The van der Waals surface area contributed by atoms with Crippen LogP contribution in [0.15, 0.2) is 41.0 Å². The zero-order valence-electron chi connectivity index (χ0n) is 12.2. The zero-order chi connectivity index (χ0) is 15.1. The molecule has 0 saturated heterocycles. The van der Waals surface area contributed by atoms with Gasteiger partial charge in [-0.3, -0.25) is 0 Å². The average molecular weight is 310 g/mol. The van der Waals surface area contributed by atoms with Crippen molar-refractivity contribution in [2.45, 2.75) is 38.6 Å². The highest BCUT2D eigenvalue weighted by molar-refractivity contribution is 6.30. The number of rotatable bonds is 8. The Balaban J connectivity index is 1.97. The number of halogens is 2. The van der Waals surface area contributed by atoms with Crippen LogP contribution in [0.25, 0.3) is 0 Å². The van der Waals surface area contributed by atoms with Crippen LogP contribution in [0.5, 0.6) is 0 Å². The lowest BCUT2D eigenvalue weighted by Gasteiger charge is -2.18. The molecule has 1 heterocycles. The van der Waals surface area contributed by atoms with Crippen molar-refractivity contribution in [1.29, 1.82) is 0 Å². The summed E-state index contributed by atoms with van der Waals surface area (Å²) in [6, 6.07) is 8.97. The van der Waals surface area contributed by atoms with E-state index in [-0.39, 0.29) is 11.9 Å². The maximum Gasteiger partial charge on any atom is 0.127 e. The predicted octanol–water partition coefficient (Wildman–Crippen LogP) is 4.62. The number of furan rings is 1. The van der Waals surface area contributed by atoms with E-state index in [0.29, 0.717) is 17.0 Å². The first-order chi connectivity index (χ1) is 10.2. The molecule has 114 valence electrons. The zero-order valence-corrected chi connectivity index (χ0v) is 13.0. The molecule has 0 aliphatic heterocycles. The van der Waals surface area contributed by atoms with Gasteiger partial charge in [-0.2, -0.15) is 0 Å². The summed E-state index contributed by atoms with van der Waals surface area (Å²) in [5.41, 5.74) is 0.701. The van der Waals surface area contributed by atoms with Gasteiger partial charge < -0.3 is 9.73 Å². The van der Waals surface area contributed by atoms with E-state index in [1.54, 1.807) is 18.4 Å². The van der Waals surface area contributed by atoms with Crippen LogP contribution in [0.3, 0.4) is 0 Å². The molecule has 0 spiro atoms. The van der Waals surface area contributed by atoms with Crippen LogP contribution >= 0.6 is 11.6 Å². The van der Waals surface area contributed by atoms with Gasteiger partial charge in [-0.25, -0.2) is 4.39 Å². The van der Waals surface area contributed by atoms with Crippen LogP contribution in [0.2, 0.25) is 5.02 Å². The molecule has 2 nitrogen and oxygen atoms in total. The standard InChI is InChI=1S/C17H21ClFNO/c1-2-9-20-15(7-8-16-4-3-10-21-16)11-13-5-6-14(18)12-17(13)19/h3-6,10,12,15,20H,2,7-9,11H2,1H3. The Morgan fingerprint density at radius 2 is 2.19 bits per heavy atom. The quantitative estimate of drug-likeness (QED) is 0.770. The van der Waals surface area contributed by atoms with Crippen molar-refractivity contribution in [3.8, 4) is 0 Å². The molecule has 0 amide bonds. The molecule has 4 heteroatoms. The molecule has 1 atom stereocenters. The Bertz CT molecular complexity index is 542. The van der Waals surface area contributed by atoms with Crippen molar-refractivity contribution in [2.75, 3.05) is 6.54 Å². The van der Waals surface area contributed by atoms with Gasteiger partial charge in [0.05, 0.1) is 6.26 Å². The van der Waals surface area contributed by atoms with Crippen molar-refractivity contribution in [3.05, 3.63) is 58.8 Å². The first-order valence-electron chi connectivity index (χ1n) is 7.38. The third-order valence-corrected chi connectivity index (χ3v) is 3.72. The molecule has 0 aliphatic carbocycles. The number of hydrogen-bond acceptors (Lipinski definition) is 2. The second-order valence-corrected chi connectivity index (χ2v) is 5.65.